The number of nitrogens with zero attached hydrogens (tertiary/aromatic N) is 1. The number of piperidine rings is 3. The van der Waals surface area contributed by atoms with Crippen molar-refractivity contribution < 1.29 is 4.79 Å². The molecule has 4 fully saturated rings. The molecule has 1 saturated carbocycles. The fourth-order valence-electron chi connectivity index (χ4n) is 4.57. The summed E-state index contributed by atoms with van der Waals surface area (Å²) in [5.74, 6) is 1.88. The van der Waals surface area contributed by atoms with E-state index in [9.17, 15) is 4.79 Å². The Labute approximate surface area is 108 Å². The van der Waals surface area contributed by atoms with E-state index in [0.717, 1.165) is 25.9 Å². The largest absolute Gasteiger partial charge is 0.299 e. The topological polar surface area (TPSA) is 20.3 Å². The second-order valence-corrected chi connectivity index (χ2v) is 6.38. The maximum atomic E-state index is 12.1. The van der Waals surface area contributed by atoms with Gasteiger partial charge in [-0.15, -0.1) is 0 Å². The normalized spacial score (nSPS) is 45.5. The van der Waals surface area contributed by atoms with Gasteiger partial charge < -0.3 is 0 Å². The number of rotatable bonds is 1. The second-order valence-electron chi connectivity index (χ2n) is 6.38. The first-order chi connectivity index (χ1) is 8.69. The molecule has 18 heavy (non-hydrogen) atoms. The molecule has 4 aliphatic rings. The Morgan fingerprint density at radius 1 is 1.11 bits per heavy atom. The van der Waals surface area contributed by atoms with Crippen LogP contribution >= 0.6 is 0 Å². The van der Waals surface area contributed by atoms with Crippen LogP contribution in [0, 0.1) is 17.8 Å². The molecule has 0 radical (unpaired) electrons. The van der Waals surface area contributed by atoms with Crippen LogP contribution in [0.25, 0.3) is 0 Å². The summed E-state index contributed by atoms with van der Waals surface area (Å²) in [5.41, 5.74) is 1.59. The van der Waals surface area contributed by atoms with Crippen molar-refractivity contribution >= 4 is 5.78 Å². The molecule has 0 amide bonds. The van der Waals surface area contributed by atoms with Crippen LogP contribution in [0.15, 0.2) is 30.3 Å². The number of hydrogen-bond acceptors (Lipinski definition) is 2. The van der Waals surface area contributed by atoms with Crippen molar-refractivity contribution in [3.8, 4) is 0 Å². The third-order valence-corrected chi connectivity index (χ3v) is 5.63. The van der Waals surface area contributed by atoms with E-state index in [1.165, 1.54) is 5.56 Å². The molecule has 0 aromatic heterocycles. The van der Waals surface area contributed by atoms with Gasteiger partial charge in [0.05, 0.1) is 0 Å². The maximum Gasteiger partial charge on any atom is 0.141 e. The number of ketones is 1. The Bertz CT molecular complexity index is 461. The van der Waals surface area contributed by atoms with Crippen molar-refractivity contribution in [1.82, 2.24) is 4.90 Å². The van der Waals surface area contributed by atoms with E-state index in [1.54, 1.807) is 0 Å². The highest BCUT2D eigenvalue weighted by Gasteiger charge is 2.57. The van der Waals surface area contributed by atoms with E-state index >= 15 is 0 Å². The van der Waals surface area contributed by atoms with E-state index in [1.807, 2.05) is 0 Å². The molecule has 0 N–H and O–H groups in total. The third-order valence-electron chi connectivity index (χ3n) is 5.63. The molecule has 2 nitrogen and oxygen atoms in total. The lowest BCUT2D eigenvalue weighted by molar-refractivity contribution is -0.160. The van der Waals surface area contributed by atoms with E-state index in [2.05, 4.69) is 42.2 Å². The van der Waals surface area contributed by atoms with Gasteiger partial charge in [0, 0.05) is 30.5 Å². The molecule has 3 unspecified atom stereocenters. The summed E-state index contributed by atoms with van der Waals surface area (Å²) in [7, 11) is 0. The average Bonchev–Trinajstić information content (AvgIpc) is 2.38. The molecule has 5 rings (SSSR count). The minimum absolute atomic E-state index is 0.162. The van der Waals surface area contributed by atoms with Gasteiger partial charge in [0.2, 0.25) is 0 Å². The Kier molecular flexibility index (Phi) is 2.06. The summed E-state index contributed by atoms with van der Waals surface area (Å²) < 4.78 is 0. The van der Waals surface area contributed by atoms with E-state index in [4.69, 9.17) is 0 Å². The van der Waals surface area contributed by atoms with Crippen LogP contribution in [0.1, 0.15) is 25.3 Å². The fraction of sp³-hybridized carbons (Fsp3) is 0.562. The third kappa shape index (κ3) is 1.19. The molecule has 3 heterocycles. The van der Waals surface area contributed by atoms with E-state index < -0.39 is 0 Å². The van der Waals surface area contributed by atoms with Gasteiger partial charge in [0.25, 0.3) is 0 Å². The SMILES string of the molecule is CC1(c2ccccc2)C2CC3CN1CC(C2)C3=O. The highest BCUT2D eigenvalue weighted by atomic mass is 16.1. The summed E-state index contributed by atoms with van der Waals surface area (Å²) in [4.78, 5) is 14.7. The standard InChI is InChI=1S/C16H19NO/c1-16(13-5-3-2-4-6-13)14-7-11-9-17(16)10-12(8-14)15(11)18/h2-6,11-12,14H,7-10H2,1H3. The smallest absolute Gasteiger partial charge is 0.141 e. The van der Waals surface area contributed by atoms with Gasteiger partial charge in [0.15, 0.2) is 0 Å². The molecule has 2 heteroatoms. The second kappa shape index (κ2) is 3.45. The Balaban J connectivity index is 1.78. The predicted octanol–water partition coefficient (Wildman–Crippen LogP) is 2.44. The van der Waals surface area contributed by atoms with Crippen LogP contribution in [0.2, 0.25) is 0 Å². The fourth-order valence-corrected chi connectivity index (χ4v) is 4.57. The van der Waals surface area contributed by atoms with Crippen molar-refractivity contribution in [2.75, 3.05) is 13.1 Å². The Morgan fingerprint density at radius 2 is 1.72 bits per heavy atom. The zero-order valence-electron chi connectivity index (χ0n) is 10.8. The van der Waals surface area contributed by atoms with Crippen LogP contribution in [-0.4, -0.2) is 23.8 Å². The van der Waals surface area contributed by atoms with Crippen molar-refractivity contribution in [1.29, 1.82) is 0 Å². The first-order valence-corrected chi connectivity index (χ1v) is 7.04. The van der Waals surface area contributed by atoms with Crippen LogP contribution in [-0.2, 0) is 10.3 Å². The maximum absolute atomic E-state index is 12.1. The highest BCUT2D eigenvalue weighted by Crippen LogP contribution is 2.54. The molecule has 1 aliphatic carbocycles. The lowest BCUT2D eigenvalue weighted by atomic mass is 9.57. The molecular formula is C16H19NO. The van der Waals surface area contributed by atoms with Gasteiger partial charge in [-0.25, -0.2) is 0 Å². The molecule has 1 aromatic carbocycles. The Hall–Kier alpha value is -1.15. The first kappa shape index (κ1) is 10.7. The molecule has 1 aromatic rings. The number of benzene rings is 1. The molecule has 94 valence electrons. The summed E-state index contributed by atoms with van der Waals surface area (Å²) >= 11 is 0. The van der Waals surface area contributed by atoms with Gasteiger partial charge in [-0.2, -0.15) is 0 Å². The average molecular weight is 241 g/mol. The monoisotopic (exact) mass is 241 g/mol. The molecule has 3 aliphatic heterocycles. The molecule has 3 atom stereocenters. The molecular weight excluding hydrogens is 222 g/mol. The number of carbonyl (C=O) groups excluding carboxylic acids is 1. The van der Waals surface area contributed by atoms with Crippen molar-refractivity contribution in [3.63, 3.8) is 0 Å². The van der Waals surface area contributed by atoms with Crippen LogP contribution in [0.5, 0.6) is 0 Å². The summed E-state index contributed by atoms with van der Waals surface area (Å²) in [6, 6.07) is 10.9. The van der Waals surface area contributed by atoms with Crippen molar-refractivity contribution in [3.05, 3.63) is 35.9 Å². The summed E-state index contributed by atoms with van der Waals surface area (Å²) in [6.07, 6.45) is 2.22. The quantitative estimate of drug-likeness (QED) is 0.752. The van der Waals surface area contributed by atoms with Crippen LogP contribution in [0.4, 0.5) is 0 Å². The van der Waals surface area contributed by atoms with E-state index in [0.29, 0.717) is 23.5 Å². The molecule has 3 saturated heterocycles. The number of carbonyl (C=O) groups is 1. The lowest BCUT2D eigenvalue weighted by Crippen LogP contribution is -2.67. The van der Waals surface area contributed by atoms with E-state index in [-0.39, 0.29) is 5.54 Å². The van der Waals surface area contributed by atoms with Gasteiger partial charge in [-0.1, -0.05) is 30.3 Å². The first-order valence-electron chi connectivity index (χ1n) is 7.04. The summed E-state index contributed by atoms with van der Waals surface area (Å²) in [6.45, 7) is 4.35. The molecule has 0 spiro atoms. The number of Topliss-reactive ketones (excluding diaryl/α,β-unsaturated/α-hetero) is 1. The minimum Gasteiger partial charge on any atom is -0.299 e. The van der Waals surface area contributed by atoms with Crippen LogP contribution < -0.4 is 0 Å². The molecule has 4 bridgehead atoms. The van der Waals surface area contributed by atoms with Crippen LogP contribution in [0.3, 0.4) is 0 Å². The van der Waals surface area contributed by atoms with Gasteiger partial charge in [-0.05, 0) is 31.2 Å². The predicted molar refractivity (Wildman–Crippen MR) is 70.1 cm³/mol. The Morgan fingerprint density at radius 3 is 2.28 bits per heavy atom. The van der Waals surface area contributed by atoms with Crippen molar-refractivity contribution in [2.45, 2.75) is 25.3 Å². The van der Waals surface area contributed by atoms with Gasteiger partial charge in [-0.3, -0.25) is 9.69 Å². The van der Waals surface area contributed by atoms with Crippen molar-refractivity contribution in [2.24, 2.45) is 17.8 Å². The minimum atomic E-state index is 0.162. The highest BCUT2D eigenvalue weighted by molar-refractivity contribution is 5.86. The number of hydrogen-bond donors (Lipinski definition) is 0. The van der Waals surface area contributed by atoms with Gasteiger partial charge >= 0.3 is 0 Å². The lowest BCUT2D eigenvalue weighted by Gasteiger charge is -2.61. The van der Waals surface area contributed by atoms with Gasteiger partial charge in [0.1, 0.15) is 5.78 Å². The summed E-state index contributed by atoms with van der Waals surface area (Å²) in [5, 5.41) is 0. The zero-order valence-corrected chi connectivity index (χ0v) is 10.8. The zero-order chi connectivity index (χ0) is 12.3.